The number of halogens is 3. The van der Waals surface area contributed by atoms with Crippen molar-refractivity contribution in [1.29, 1.82) is 0 Å². The van der Waals surface area contributed by atoms with Crippen LogP contribution in [0.2, 0.25) is 0 Å². The van der Waals surface area contributed by atoms with Gasteiger partial charge in [-0.15, -0.1) is 0 Å². The lowest BCUT2D eigenvalue weighted by molar-refractivity contribution is -0.144. The van der Waals surface area contributed by atoms with Crippen molar-refractivity contribution in [3.63, 3.8) is 0 Å². The third kappa shape index (κ3) is 5.16. The number of fused-ring (bicyclic) bond motifs is 3. The number of rotatable bonds is 6. The van der Waals surface area contributed by atoms with Crippen LogP contribution in [0, 0.1) is 11.8 Å². The molecule has 2 aromatic rings. The summed E-state index contributed by atoms with van der Waals surface area (Å²) in [5.74, 6) is -0.446. The third-order valence-corrected chi connectivity index (χ3v) is 8.48. The summed E-state index contributed by atoms with van der Waals surface area (Å²) in [5.41, 5.74) is 0.198. The van der Waals surface area contributed by atoms with Gasteiger partial charge in [0, 0.05) is 18.6 Å². The SMILES string of the molecule is CC1CCC(Oc2ccc3ccc(CCN4C5CC[C@@H]4CC(C(=O)O)C5)cc3c2C(F)(F)F)CC1. The Morgan fingerprint density at radius 1 is 1.03 bits per heavy atom. The molecule has 0 amide bonds. The minimum Gasteiger partial charge on any atom is -0.490 e. The molecule has 0 spiro atoms. The molecule has 1 aliphatic carbocycles. The number of benzene rings is 2. The highest BCUT2D eigenvalue weighted by Gasteiger charge is 2.42. The van der Waals surface area contributed by atoms with Gasteiger partial charge in [-0.3, -0.25) is 9.69 Å². The molecule has 3 aliphatic rings. The molecule has 2 heterocycles. The molecular weight excluding hydrogens is 455 g/mol. The van der Waals surface area contributed by atoms with Crippen LogP contribution in [0.1, 0.15) is 69.4 Å². The first-order valence-electron chi connectivity index (χ1n) is 13.0. The molecule has 2 unspecified atom stereocenters. The van der Waals surface area contributed by atoms with Gasteiger partial charge < -0.3 is 9.84 Å². The fourth-order valence-electron chi connectivity index (χ4n) is 6.52. The van der Waals surface area contributed by atoms with Gasteiger partial charge in [0.25, 0.3) is 0 Å². The monoisotopic (exact) mass is 489 g/mol. The van der Waals surface area contributed by atoms with Crippen molar-refractivity contribution in [2.45, 2.75) is 89.1 Å². The Morgan fingerprint density at radius 2 is 1.69 bits per heavy atom. The van der Waals surface area contributed by atoms with Crippen LogP contribution in [0.5, 0.6) is 5.75 Å². The van der Waals surface area contributed by atoms with Crippen molar-refractivity contribution in [2.75, 3.05) is 6.54 Å². The molecule has 2 bridgehead atoms. The van der Waals surface area contributed by atoms with Crippen molar-refractivity contribution in [2.24, 2.45) is 11.8 Å². The summed E-state index contributed by atoms with van der Waals surface area (Å²) in [7, 11) is 0. The minimum atomic E-state index is -4.51. The van der Waals surface area contributed by atoms with E-state index in [1.54, 1.807) is 18.2 Å². The van der Waals surface area contributed by atoms with Crippen LogP contribution in [0.15, 0.2) is 30.3 Å². The molecule has 35 heavy (non-hydrogen) atoms. The van der Waals surface area contributed by atoms with Crippen LogP contribution in [0.3, 0.4) is 0 Å². The standard InChI is InChI=1S/C28H34F3NO3/c1-17-2-9-23(10-3-17)35-25-11-6-19-5-4-18(14-24(19)26(25)28(29,30)31)12-13-32-21-7-8-22(32)16-20(15-21)27(33)34/h4-6,11,14,17,20-23H,2-3,7-10,12-13,15-16H2,1H3,(H,33,34)/t17?,20?,21-,22?,23?/m1/s1. The van der Waals surface area contributed by atoms with Gasteiger partial charge in [0.05, 0.1) is 12.0 Å². The van der Waals surface area contributed by atoms with Gasteiger partial charge in [-0.2, -0.15) is 13.2 Å². The molecule has 2 aromatic carbocycles. The van der Waals surface area contributed by atoms with E-state index >= 15 is 0 Å². The number of carbonyl (C=O) groups is 1. The van der Waals surface area contributed by atoms with E-state index in [-0.39, 0.29) is 35.2 Å². The maximum atomic E-state index is 14.3. The van der Waals surface area contributed by atoms with Gasteiger partial charge in [-0.25, -0.2) is 0 Å². The molecular formula is C28H34F3NO3. The average Bonchev–Trinajstić information content (AvgIpc) is 3.04. The second-order valence-corrected chi connectivity index (χ2v) is 10.9. The number of ether oxygens (including phenoxy) is 1. The van der Waals surface area contributed by atoms with E-state index in [0.29, 0.717) is 30.6 Å². The number of hydrogen-bond donors (Lipinski definition) is 1. The van der Waals surface area contributed by atoms with Gasteiger partial charge in [0.2, 0.25) is 0 Å². The first-order chi connectivity index (χ1) is 16.7. The molecule has 3 fully saturated rings. The fraction of sp³-hybridized carbons (Fsp3) is 0.607. The largest absolute Gasteiger partial charge is 0.490 e. The molecule has 2 saturated heterocycles. The number of alkyl halides is 3. The maximum absolute atomic E-state index is 14.3. The smallest absolute Gasteiger partial charge is 0.420 e. The van der Waals surface area contributed by atoms with E-state index in [4.69, 9.17) is 4.74 Å². The molecule has 3 atom stereocenters. The van der Waals surface area contributed by atoms with Gasteiger partial charge in [0.1, 0.15) is 11.3 Å². The number of nitrogens with zero attached hydrogens (tertiary/aromatic N) is 1. The van der Waals surface area contributed by atoms with Gasteiger partial charge >= 0.3 is 12.1 Å². The molecule has 1 N–H and O–H groups in total. The highest BCUT2D eigenvalue weighted by Crippen LogP contribution is 2.43. The first-order valence-corrected chi connectivity index (χ1v) is 13.0. The predicted octanol–water partition coefficient (Wildman–Crippen LogP) is 6.69. The number of carboxylic acids is 1. The van der Waals surface area contributed by atoms with Crippen LogP contribution in [-0.4, -0.2) is 40.7 Å². The Balaban J connectivity index is 1.36. The third-order valence-electron chi connectivity index (χ3n) is 8.48. The van der Waals surface area contributed by atoms with Gasteiger partial charge in [-0.05, 0) is 86.1 Å². The molecule has 1 saturated carbocycles. The summed E-state index contributed by atoms with van der Waals surface area (Å²) >= 11 is 0. The van der Waals surface area contributed by atoms with Crippen molar-refractivity contribution >= 4 is 16.7 Å². The Morgan fingerprint density at radius 3 is 2.31 bits per heavy atom. The fourth-order valence-corrected chi connectivity index (χ4v) is 6.52. The zero-order chi connectivity index (χ0) is 24.7. The topological polar surface area (TPSA) is 49.8 Å². The van der Waals surface area contributed by atoms with Crippen LogP contribution in [0.4, 0.5) is 13.2 Å². The average molecular weight is 490 g/mol. The lowest BCUT2D eigenvalue weighted by Gasteiger charge is -2.37. The Hall–Kier alpha value is -2.28. The molecule has 5 rings (SSSR count). The molecule has 2 aliphatic heterocycles. The molecule has 4 nitrogen and oxygen atoms in total. The molecule has 7 heteroatoms. The lowest BCUT2D eigenvalue weighted by atomic mass is 9.89. The zero-order valence-electron chi connectivity index (χ0n) is 20.2. The van der Waals surface area contributed by atoms with Crippen molar-refractivity contribution in [1.82, 2.24) is 4.90 Å². The minimum absolute atomic E-state index is 0.0597. The summed E-state index contributed by atoms with van der Waals surface area (Å²) in [5, 5.41) is 10.2. The highest BCUT2D eigenvalue weighted by molar-refractivity contribution is 5.89. The van der Waals surface area contributed by atoms with E-state index in [9.17, 15) is 23.1 Å². The zero-order valence-corrected chi connectivity index (χ0v) is 20.2. The van der Waals surface area contributed by atoms with Crippen molar-refractivity contribution < 1.29 is 27.8 Å². The number of carboxylic acid groups (broad SMARTS) is 1. The quantitative estimate of drug-likeness (QED) is 0.491. The maximum Gasteiger partial charge on any atom is 0.420 e. The number of piperidine rings is 1. The molecule has 0 radical (unpaired) electrons. The van der Waals surface area contributed by atoms with Crippen LogP contribution >= 0.6 is 0 Å². The van der Waals surface area contributed by atoms with Crippen molar-refractivity contribution in [3.05, 3.63) is 41.5 Å². The summed E-state index contributed by atoms with van der Waals surface area (Å²) in [6, 6.07) is 9.10. The van der Waals surface area contributed by atoms with Crippen molar-refractivity contribution in [3.8, 4) is 5.75 Å². The summed E-state index contributed by atoms with van der Waals surface area (Å²) in [4.78, 5) is 13.8. The number of aliphatic carboxylic acids is 1. The summed E-state index contributed by atoms with van der Waals surface area (Å²) in [6.45, 7) is 2.92. The molecule has 0 aromatic heterocycles. The second kappa shape index (κ2) is 9.64. The Kier molecular flexibility index (Phi) is 6.73. The first kappa shape index (κ1) is 24.4. The van der Waals surface area contributed by atoms with Gasteiger partial charge in [-0.1, -0.05) is 31.2 Å². The highest BCUT2D eigenvalue weighted by atomic mass is 19.4. The summed E-state index contributed by atoms with van der Waals surface area (Å²) < 4.78 is 48.8. The van der Waals surface area contributed by atoms with Crippen LogP contribution < -0.4 is 4.74 Å². The van der Waals surface area contributed by atoms with E-state index in [2.05, 4.69) is 11.8 Å². The van der Waals surface area contributed by atoms with E-state index < -0.39 is 17.7 Å². The Labute approximate surface area is 204 Å². The van der Waals surface area contributed by atoms with E-state index in [1.807, 2.05) is 6.07 Å². The Bertz CT molecular complexity index is 1060. The normalized spacial score (nSPS) is 29.4. The van der Waals surface area contributed by atoms with E-state index in [0.717, 1.165) is 50.6 Å². The molecule has 190 valence electrons. The predicted molar refractivity (Wildman–Crippen MR) is 129 cm³/mol. The van der Waals surface area contributed by atoms with Crippen LogP contribution in [0.25, 0.3) is 10.8 Å². The van der Waals surface area contributed by atoms with E-state index in [1.165, 1.54) is 6.07 Å². The van der Waals surface area contributed by atoms with Crippen LogP contribution in [-0.2, 0) is 17.4 Å². The lowest BCUT2D eigenvalue weighted by Crippen LogP contribution is -2.45. The van der Waals surface area contributed by atoms with Gasteiger partial charge in [0.15, 0.2) is 0 Å². The summed E-state index contributed by atoms with van der Waals surface area (Å²) in [6.07, 6.45) is 2.86. The number of hydrogen-bond acceptors (Lipinski definition) is 3. The second-order valence-electron chi connectivity index (χ2n) is 10.9.